The van der Waals surface area contributed by atoms with Crippen LogP contribution in [0.15, 0.2) is 23.5 Å². The quantitative estimate of drug-likeness (QED) is 0.521. The van der Waals surface area contributed by atoms with Gasteiger partial charge in [0.25, 0.3) is 0 Å². The first-order valence-electron chi connectivity index (χ1n) is 5.98. The fraction of sp³-hybridized carbons (Fsp3) is 0.583. The summed E-state index contributed by atoms with van der Waals surface area (Å²) >= 11 is 0. The van der Waals surface area contributed by atoms with Crippen molar-refractivity contribution in [1.82, 2.24) is 4.90 Å². The van der Waals surface area contributed by atoms with Crippen molar-refractivity contribution in [3.05, 3.63) is 23.5 Å². The maximum atomic E-state index is 11.1. The second kappa shape index (κ2) is 5.30. The molecule has 0 aromatic heterocycles. The summed E-state index contributed by atoms with van der Waals surface area (Å²) in [5.74, 6) is -1.03. The van der Waals surface area contributed by atoms with E-state index in [1.54, 1.807) is 19.2 Å². The van der Waals surface area contributed by atoms with Gasteiger partial charge in [-0.3, -0.25) is 0 Å². The van der Waals surface area contributed by atoms with E-state index in [2.05, 4.69) is 0 Å². The van der Waals surface area contributed by atoms with Crippen molar-refractivity contribution in [2.45, 2.75) is 37.9 Å². The minimum absolute atomic E-state index is 0.209. The predicted octanol–water partition coefficient (Wildman–Crippen LogP) is -0.997. The Morgan fingerprint density at radius 2 is 2.16 bits per heavy atom. The van der Waals surface area contributed by atoms with E-state index >= 15 is 0 Å². The molecule has 106 valence electrons. The molecule has 0 saturated carbocycles. The molecule has 0 spiro atoms. The number of ether oxygens (including phenoxy) is 1. The van der Waals surface area contributed by atoms with Crippen LogP contribution in [-0.4, -0.2) is 62.4 Å². The Morgan fingerprint density at radius 3 is 2.68 bits per heavy atom. The summed E-state index contributed by atoms with van der Waals surface area (Å²) in [4.78, 5) is 12.5. The first-order chi connectivity index (χ1) is 8.97. The lowest BCUT2D eigenvalue weighted by Gasteiger charge is -2.32. The zero-order chi connectivity index (χ0) is 14.2. The Morgan fingerprint density at radius 1 is 1.47 bits per heavy atom. The maximum absolute atomic E-state index is 11.1. The summed E-state index contributed by atoms with van der Waals surface area (Å²) in [5, 5.41) is 37.7. The van der Waals surface area contributed by atoms with Crippen LogP contribution in [-0.2, 0) is 9.53 Å². The van der Waals surface area contributed by atoms with Gasteiger partial charge in [0, 0.05) is 18.3 Å². The van der Waals surface area contributed by atoms with Crippen molar-refractivity contribution >= 4 is 5.97 Å². The van der Waals surface area contributed by atoms with Gasteiger partial charge < -0.3 is 30.1 Å². The highest BCUT2D eigenvalue weighted by Crippen LogP contribution is 2.30. The normalized spacial score (nSPS) is 35.1. The van der Waals surface area contributed by atoms with Crippen LogP contribution >= 0.6 is 0 Å². The number of nitrogens with zero attached hydrogens (tertiary/aromatic N) is 1. The largest absolute Gasteiger partial charge is 0.478 e. The predicted molar refractivity (Wildman–Crippen MR) is 63.7 cm³/mol. The number of allylic oxidation sites excluding steroid dienone is 2. The molecule has 2 rings (SSSR count). The Bertz CT molecular complexity index is 432. The number of carboxylic acid groups (broad SMARTS) is 1. The highest BCUT2D eigenvalue weighted by atomic mass is 16.6. The standard InChI is InChI=1S/C12H17NO6/c1-6-7(12(17)18)3-2-4-13(6)11-10(16)9(15)8(5-14)19-11/h2,4,8-11,14-16H,3,5H2,1H3,(H,17,18)/t8-,9+,10+,11-/m1/s1. The summed E-state index contributed by atoms with van der Waals surface area (Å²) in [6.07, 6.45) is -0.648. The second-order valence-electron chi connectivity index (χ2n) is 4.59. The van der Waals surface area contributed by atoms with Crippen molar-refractivity contribution in [3.63, 3.8) is 0 Å². The van der Waals surface area contributed by atoms with E-state index in [1.165, 1.54) is 4.90 Å². The molecule has 7 heteroatoms. The molecule has 7 nitrogen and oxygen atoms in total. The molecule has 1 fully saturated rings. The highest BCUT2D eigenvalue weighted by Gasteiger charge is 2.45. The van der Waals surface area contributed by atoms with Crippen LogP contribution in [0.3, 0.4) is 0 Å². The topological polar surface area (TPSA) is 110 Å². The van der Waals surface area contributed by atoms with Gasteiger partial charge in [-0.25, -0.2) is 4.79 Å². The van der Waals surface area contributed by atoms with Crippen LogP contribution in [0.5, 0.6) is 0 Å². The van der Waals surface area contributed by atoms with Crippen molar-refractivity contribution in [2.24, 2.45) is 0 Å². The Balaban J connectivity index is 2.25. The smallest absolute Gasteiger partial charge is 0.333 e. The number of aliphatic carboxylic acids is 1. The van der Waals surface area contributed by atoms with Crippen LogP contribution in [0.25, 0.3) is 0 Å². The minimum atomic E-state index is -1.22. The Kier molecular flexibility index (Phi) is 3.91. The average Bonchev–Trinajstić information content (AvgIpc) is 2.66. The number of aliphatic hydroxyl groups excluding tert-OH is 3. The second-order valence-corrected chi connectivity index (χ2v) is 4.59. The van der Waals surface area contributed by atoms with Gasteiger partial charge in [0.15, 0.2) is 6.23 Å². The van der Waals surface area contributed by atoms with Crippen LogP contribution in [0.2, 0.25) is 0 Å². The van der Waals surface area contributed by atoms with E-state index in [1.807, 2.05) is 0 Å². The van der Waals surface area contributed by atoms with E-state index < -0.39 is 37.1 Å². The number of hydrogen-bond acceptors (Lipinski definition) is 6. The minimum Gasteiger partial charge on any atom is -0.478 e. The van der Waals surface area contributed by atoms with E-state index in [-0.39, 0.29) is 5.57 Å². The molecule has 2 aliphatic heterocycles. The molecule has 0 aliphatic carbocycles. The van der Waals surface area contributed by atoms with Gasteiger partial charge >= 0.3 is 5.97 Å². The number of aliphatic hydroxyl groups is 3. The zero-order valence-corrected chi connectivity index (χ0v) is 10.4. The molecule has 0 aromatic rings. The summed E-state index contributed by atoms with van der Waals surface area (Å²) in [7, 11) is 0. The van der Waals surface area contributed by atoms with Gasteiger partial charge in [0.1, 0.15) is 18.3 Å². The molecule has 19 heavy (non-hydrogen) atoms. The van der Waals surface area contributed by atoms with E-state index in [0.717, 1.165) is 0 Å². The van der Waals surface area contributed by atoms with Gasteiger partial charge in [0.05, 0.1) is 12.2 Å². The van der Waals surface area contributed by atoms with Crippen molar-refractivity contribution in [2.75, 3.05) is 6.61 Å². The Hall–Kier alpha value is -1.41. The average molecular weight is 271 g/mol. The van der Waals surface area contributed by atoms with E-state index in [9.17, 15) is 15.0 Å². The first-order valence-corrected chi connectivity index (χ1v) is 5.98. The van der Waals surface area contributed by atoms with Crippen molar-refractivity contribution in [3.8, 4) is 0 Å². The molecule has 0 unspecified atom stereocenters. The van der Waals surface area contributed by atoms with Crippen molar-refractivity contribution < 1.29 is 30.0 Å². The van der Waals surface area contributed by atoms with Crippen molar-refractivity contribution in [1.29, 1.82) is 0 Å². The summed E-state index contributed by atoms with van der Waals surface area (Å²) in [5.41, 5.74) is 0.657. The fourth-order valence-electron chi connectivity index (χ4n) is 2.33. The molecule has 2 aliphatic rings. The third kappa shape index (κ3) is 2.37. The van der Waals surface area contributed by atoms with Gasteiger partial charge in [-0.15, -0.1) is 0 Å². The number of carbonyl (C=O) groups is 1. The molecule has 0 bridgehead atoms. The molecule has 0 radical (unpaired) electrons. The van der Waals surface area contributed by atoms with Crippen LogP contribution < -0.4 is 0 Å². The van der Waals surface area contributed by atoms with Gasteiger partial charge in [-0.05, 0) is 6.92 Å². The molecular formula is C12H17NO6. The molecule has 0 amide bonds. The molecular weight excluding hydrogens is 254 g/mol. The highest BCUT2D eigenvalue weighted by molar-refractivity contribution is 5.88. The molecule has 2 heterocycles. The maximum Gasteiger partial charge on any atom is 0.333 e. The fourth-order valence-corrected chi connectivity index (χ4v) is 2.33. The molecule has 4 atom stereocenters. The lowest BCUT2D eigenvalue weighted by atomic mass is 10.1. The monoisotopic (exact) mass is 271 g/mol. The third-order valence-electron chi connectivity index (χ3n) is 3.46. The van der Waals surface area contributed by atoms with Crippen LogP contribution in [0.4, 0.5) is 0 Å². The van der Waals surface area contributed by atoms with E-state index in [0.29, 0.717) is 12.1 Å². The van der Waals surface area contributed by atoms with Gasteiger partial charge in [-0.1, -0.05) is 6.08 Å². The first kappa shape index (κ1) is 14.0. The summed E-state index contributed by atoms with van der Waals surface area (Å²) in [6, 6.07) is 0. The molecule has 1 saturated heterocycles. The number of hydrogen-bond donors (Lipinski definition) is 4. The van der Waals surface area contributed by atoms with Crippen LogP contribution in [0.1, 0.15) is 13.3 Å². The van der Waals surface area contributed by atoms with Gasteiger partial charge in [-0.2, -0.15) is 0 Å². The number of rotatable bonds is 3. The van der Waals surface area contributed by atoms with E-state index in [4.69, 9.17) is 14.9 Å². The summed E-state index contributed by atoms with van der Waals surface area (Å²) < 4.78 is 5.37. The number of carboxylic acids is 1. The lowest BCUT2D eigenvalue weighted by Crippen LogP contribution is -2.42. The zero-order valence-electron chi connectivity index (χ0n) is 10.4. The van der Waals surface area contributed by atoms with Crippen LogP contribution in [0, 0.1) is 0 Å². The lowest BCUT2D eigenvalue weighted by molar-refractivity contribution is -0.133. The third-order valence-corrected chi connectivity index (χ3v) is 3.46. The SMILES string of the molecule is CC1=C(C(=O)O)CC=CN1[C@@H]1O[C@H](CO)[C@H](O)[C@@H]1O. The Labute approximate surface area is 110 Å². The molecule has 4 N–H and O–H groups in total. The molecule has 0 aromatic carbocycles. The summed E-state index contributed by atoms with van der Waals surface area (Å²) in [6.45, 7) is 1.20. The van der Waals surface area contributed by atoms with Gasteiger partial charge in [0.2, 0.25) is 0 Å².